The number of hydrogen-bond donors (Lipinski definition) is 1. The molecule has 1 aromatic heterocycles. The lowest BCUT2D eigenvalue weighted by atomic mass is 9.56. The summed E-state index contributed by atoms with van der Waals surface area (Å²) in [4.78, 5) is 29.8. The molecule has 2 aliphatic carbocycles. The quantitative estimate of drug-likeness (QED) is 0.637. The number of rotatable bonds is 2. The Bertz CT molecular complexity index is 643. The van der Waals surface area contributed by atoms with Gasteiger partial charge in [0.1, 0.15) is 0 Å². The number of fused-ring (bicyclic) bond motifs is 4. The second kappa shape index (κ2) is 5.05. The van der Waals surface area contributed by atoms with E-state index in [0.29, 0.717) is 23.6 Å². The minimum atomic E-state index is -1.36. The molecule has 1 fully saturated rings. The van der Waals surface area contributed by atoms with Crippen molar-refractivity contribution in [1.29, 1.82) is 0 Å². The van der Waals surface area contributed by atoms with Crippen LogP contribution in [0.2, 0.25) is 0 Å². The minimum absolute atomic E-state index is 0.169. The molecule has 6 nitrogen and oxygen atoms in total. The molecular formula is C16H19NO5. The molecule has 1 saturated carbocycles. The molecule has 1 aromatic rings. The summed E-state index contributed by atoms with van der Waals surface area (Å²) in [5.41, 5.74) is -0.147. The maximum absolute atomic E-state index is 12.9. The Labute approximate surface area is 128 Å². The third kappa shape index (κ3) is 1.80. The third-order valence-corrected chi connectivity index (χ3v) is 4.95. The summed E-state index contributed by atoms with van der Waals surface area (Å²) in [6, 6.07) is 3.36. The summed E-state index contributed by atoms with van der Waals surface area (Å²) in [5.74, 6) is -1.21. The zero-order chi connectivity index (χ0) is 16.1. The fraction of sp³-hybridized carbons (Fsp3) is 0.562. The predicted molar refractivity (Wildman–Crippen MR) is 76.5 cm³/mol. The van der Waals surface area contributed by atoms with E-state index in [1.165, 1.54) is 14.2 Å². The number of pyridine rings is 1. The lowest BCUT2D eigenvalue weighted by Crippen LogP contribution is -2.60. The number of aromatic nitrogens is 1. The molecule has 1 N–H and O–H groups in total. The van der Waals surface area contributed by atoms with E-state index >= 15 is 0 Å². The number of aliphatic hydroxyl groups is 1. The number of ketones is 1. The van der Waals surface area contributed by atoms with E-state index in [-0.39, 0.29) is 18.1 Å². The summed E-state index contributed by atoms with van der Waals surface area (Å²) < 4.78 is 10.1. The van der Waals surface area contributed by atoms with E-state index in [1.54, 1.807) is 12.1 Å². The van der Waals surface area contributed by atoms with Gasteiger partial charge in [-0.15, -0.1) is 0 Å². The number of methoxy groups -OCH3 is 2. The van der Waals surface area contributed by atoms with Gasteiger partial charge in [0.2, 0.25) is 5.88 Å². The Kier molecular flexibility index (Phi) is 3.44. The molecule has 0 saturated heterocycles. The molecule has 0 aromatic carbocycles. The Balaban J connectivity index is 2.24. The van der Waals surface area contributed by atoms with Crippen molar-refractivity contribution >= 4 is 11.8 Å². The van der Waals surface area contributed by atoms with Crippen LogP contribution >= 0.6 is 0 Å². The van der Waals surface area contributed by atoms with Crippen LogP contribution in [0.4, 0.5) is 0 Å². The molecule has 6 heteroatoms. The number of carbonyl (C=O) groups is 2. The highest BCUT2D eigenvalue weighted by molar-refractivity contribution is 6.12. The van der Waals surface area contributed by atoms with Crippen molar-refractivity contribution < 1.29 is 24.2 Å². The first-order valence-corrected chi connectivity index (χ1v) is 7.31. The molecular weight excluding hydrogens is 286 g/mol. The fourth-order valence-electron chi connectivity index (χ4n) is 3.84. The number of esters is 1. The molecule has 118 valence electrons. The minimum Gasteiger partial charge on any atom is -0.481 e. The van der Waals surface area contributed by atoms with Crippen LogP contribution in [0.1, 0.15) is 24.6 Å². The van der Waals surface area contributed by atoms with Gasteiger partial charge in [-0.05, 0) is 17.9 Å². The zero-order valence-corrected chi connectivity index (χ0v) is 12.8. The average Bonchev–Trinajstić information content (AvgIpc) is 2.53. The molecule has 2 aliphatic rings. The SMILES string of the molecule is COC(=O)[C@@]12C[C@H](C)C(O)C(Cc3nc(OC)ccc31)C2=O. The van der Waals surface area contributed by atoms with Crippen molar-refractivity contribution in [2.75, 3.05) is 14.2 Å². The maximum atomic E-state index is 12.9. The molecule has 4 atom stereocenters. The van der Waals surface area contributed by atoms with Gasteiger partial charge < -0.3 is 14.6 Å². The Morgan fingerprint density at radius 3 is 2.77 bits per heavy atom. The number of hydrogen-bond acceptors (Lipinski definition) is 6. The summed E-state index contributed by atoms with van der Waals surface area (Å²) in [6.07, 6.45) is -0.223. The molecule has 2 bridgehead atoms. The van der Waals surface area contributed by atoms with Crippen LogP contribution in [-0.4, -0.2) is 42.2 Å². The van der Waals surface area contributed by atoms with E-state index in [4.69, 9.17) is 9.47 Å². The maximum Gasteiger partial charge on any atom is 0.323 e. The van der Waals surface area contributed by atoms with Gasteiger partial charge in [0, 0.05) is 12.5 Å². The highest BCUT2D eigenvalue weighted by Crippen LogP contribution is 2.48. The van der Waals surface area contributed by atoms with Crippen LogP contribution in [0.15, 0.2) is 12.1 Å². The van der Waals surface area contributed by atoms with Crippen molar-refractivity contribution in [2.24, 2.45) is 11.8 Å². The van der Waals surface area contributed by atoms with Crippen LogP contribution in [0.3, 0.4) is 0 Å². The first kappa shape index (κ1) is 15.0. The van der Waals surface area contributed by atoms with E-state index in [1.807, 2.05) is 6.92 Å². The van der Waals surface area contributed by atoms with Gasteiger partial charge in [0.25, 0.3) is 0 Å². The van der Waals surface area contributed by atoms with Gasteiger partial charge in [-0.3, -0.25) is 9.59 Å². The monoisotopic (exact) mass is 305 g/mol. The van der Waals surface area contributed by atoms with E-state index < -0.39 is 23.4 Å². The summed E-state index contributed by atoms with van der Waals surface area (Å²) in [7, 11) is 2.79. The van der Waals surface area contributed by atoms with Crippen LogP contribution in [0, 0.1) is 11.8 Å². The van der Waals surface area contributed by atoms with Crippen molar-refractivity contribution in [1.82, 2.24) is 4.98 Å². The molecule has 22 heavy (non-hydrogen) atoms. The van der Waals surface area contributed by atoms with E-state index in [9.17, 15) is 14.7 Å². The topological polar surface area (TPSA) is 85.7 Å². The Morgan fingerprint density at radius 1 is 1.41 bits per heavy atom. The number of aliphatic hydroxyl groups excluding tert-OH is 1. The highest BCUT2D eigenvalue weighted by Gasteiger charge is 2.61. The first-order chi connectivity index (χ1) is 10.5. The lowest BCUT2D eigenvalue weighted by molar-refractivity contribution is -0.161. The van der Waals surface area contributed by atoms with Crippen molar-refractivity contribution in [3.05, 3.63) is 23.4 Å². The third-order valence-electron chi connectivity index (χ3n) is 4.95. The highest BCUT2D eigenvalue weighted by atomic mass is 16.5. The van der Waals surface area contributed by atoms with Crippen molar-refractivity contribution in [3.63, 3.8) is 0 Å². The molecule has 0 spiro atoms. The van der Waals surface area contributed by atoms with Crippen LogP contribution in [0.5, 0.6) is 5.88 Å². The lowest BCUT2D eigenvalue weighted by Gasteiger charge is -2.46. The molecule has 1 heterocycles. The predicted octanol–water partition coefficient (Wildman–Crippen LogP) is 0.643. The zero-order valence-electron chi connectivity index (χ0n) is 12.8. The van der Waals surface area contributed by atoms with Gasteiger partial charge >= 0.3 is 5.97 Å². The largest absolute Gasteiger partial charge is 0.481 e. The van der Waals surface area contributed by atoms with Crippen molar-refractivity contribution in [3.8, 4) is 5.88 Å². The number of carbonyl (C=O) groups excluding carboxylic acids is 2. The van der Waals surface area contributed by atoms with Gasteiger partial charge in [0.05, 0.1) is 31.9 Å². The summed E-state index contributed by atoms with van der Waals surface area (Å²) in [5, 5.41) is 10.3. The number of nitrogens with zero attached hydrogens (tertiary/aromatic N) is 1. The second-order valence-electron chi connectivity index (χ2n) is 6.09. The van der Waals surface area contributed by atoms with Crippen LogP contribution in [-0.2, 0) is 26.2 Å². The standard InChI is InChI=1S/C16H19NO5/c1-8-7-16(15(20)22-3)10-4-5-12(21-2)17-11(10)6-9(13(8)18)14(16)19/h4-5,8-9,13,18H,6-7H2,1-3H3/t8-,9?,13?,16-/m0/s1. The summed E-state index contributed by atoms with van der Waals surface area (Å²) >= 11 is 0. The molecule has 2 unspecified atom stereocenters. The Hall–Kier alpha value is -1.95. The number of Topliss-reactive ketones (excluding diaryl/α,β-unsaturated/α-hetero) is 1. The van der Waals surface area contributed by atoms with Gasteiger partial charge in [-0.25, -0.2) is 4.98 Å². The number of ether oxygens (including phenoxy) is 2. The first-order valence-electron chi connectivity index (χ1n) is 7.31. The molecule has 0 amide bonds. The smallest absolute Gasteiger partial charge is 0.323 e. The average molecular weight is 305 g/mol. The van der Waals surface area contributed by atoms with Crippen LogP contribution < -0.4 is 4.74 Å². The Morgan fingerprint density at radius 2 is 2.14 bits per heavy atom. The molecule has 0 radical (unpaired) electrons. The van der Waals surface area contributed by atoms with Crippen LogP contribution in [0.25, 0.3) is 0 Å². The fourth-order valence-corrected chi connectivity index (χ4v) is 3.84. The van der Waals surface area contributed by atoms with Crippen molar-refractivity contribution in [2.45, 2.75) is 31.3 Å². The van der Waals surface area contributed by atoms with Gasteiger partial charge in [-0.1, -0.05) is 13.0 Å². The van der Waals surface area contributed by atoms with E-state index in [2.05, 4.69) is 4.98 Å². The second-order valence-corrected chi connectivity index (χ2v) is 6.09. The van der Waals surface area contributed by atoms with Gasteiger partial charge in [0.15, 0.2) is 11.2 Å². The van der Waals surface area contributed by atoms with Gasteiger partial charge in [-0.2, -0.15) is 0 Å². The molecule has 3 rings (SSSR count). The normalized spacial score (nSPS) is 33.1. The summed E-state index contributed by atoms with van der Waals surface area (Å²) in [6.45, 7) is 1.85. The van der Waals surface area contributed by atoms with E-state index in [0.717, 1.165) is 0 Å². The molecule has 0 aliphatic heterocycles.